The molecule has 1 N–H and O–H groups in total. The maximum atomic E-state index is 14.3. The molecule has 0 saturated heterocycles. The molecule has 0 aliphatic carbocycles. The second kappa shape index (κ2) is 8.65. The number of aromatic nitrogens is 3. The van der Waals surface area contributed by atoms with Crippen LogP contribution < -0.4 is 4.72 Å². The monoisotopic (exact) mass is 521 g/mol. The van der Waals surface area contributed by atoms with Crippen LogP contribution in [0.3, 0.4) is 0 Å². The Morgan fingerprint density at radius 1 is 1.03 bits per heavy atom. The van der Waals surface area contributed by atoms with Gasteiger partial charge in [0.1, 0.15) is 11.5 Å². The number of benzene rings is 2. The summed E-state index contributed by atoms with van der Waals surface area (Å²) >= 11 is 0. The molecule has 0 spiro atoms. The Kier molecular flexibility index (Phi) is 6.33. The molecule has 3 aromatic rings. The number of amides is 1. The summed E-state index contributed by atoms with van der Waals surface area (Å²) in [6, 6.07) is 4.47. The van der Waals surface area contributed by atoms with Crippen molar-refractivity contribution >= 4 is 15.9 Å². The number of nitrogens with one attached hydrogen (secondary N) is 1. The number of alkyl halides is 6. The zero-order valence-electron chi connectivity index (χ0n) is 17.0. The molecule has 1 heterocycles. The van der Waals surface area contributed by atoms with Crippen molar-refractivity contribution in [2.24, 2.45) is 0 Å². The minimum atomic E-state index is -5.32. The first-order valence-corrected chi connectivity index (χ1v) is 10.5. The summed E-state index contributed by atoms with van der Waals surface area (Å²) in [6.07, 6.45) is -10.6. The molecule has 16 heteroatoms. The third-order valence-corrected chi connectivity index (χ3v) is 5.82. The SMILES string of the molecule is Cc1c(C(=O)NS(=O)(=O)c2cc(C(F)(F)F)cc(C(F)(F)F)c2)nnn1-c1ccc(C#N)cc1F. The van der Waals surface area contributed by atoms with E-state index in [-0.39, 0.29) is 35.1 Å². The van der Waals surface area contributed by atoms with Crippen LogP contribution in [-0.4, -0.2) is 29.3 Å². The number of hydrogen-bond donors (Lipinski definition) is 1. The van der Waals surface area contributed by atoms with Crippen LogP contribution in [0.25, 0.3) is 5.69 Å². The average Bonchev–Trinajstić information content (AvgIpc) is 3.13. The molecule has 1 aromatic heterocycles. The van der Waals surface area contributed by atoms with Crippen molar-refractivity contribution in [3.8, 4) is 11.8 Å². The van der Waals surface area contributed by atoms with Crippen molar-refractivity contribution < 1.29 is 43.9 Å². The summed E-state index contributed by atoms with van der Waals surface area (Å²) in [4.78, 5) is 11.0. The van der Waals surface area contributed by atoms with Crippen LogP contribution in [0, 0.1) is 24.1 Å². The molecule has 0 aliphatic rings. The maximum Gasteiger partial charge on any atom is 0.416 e. The van der Waals surface area contributed by atoms with Gasteiger partial charge in [-0.25, -0.2) is 22.2 Å². The highest BCUT2D eigenvalue weighted by molar-refractivity contribution is 7.90. The minimum Gasteiger partial charge on any atom is -0.266 e. The predicted octanol–water partition coefficient (Wildman–Crippen LogP) is 3.74. The molecule has 0 atom stereocenters. The fourth-order valence-electron chi connectivity index (χ4n) is 2.83. The molecular formula is C19H10F7N5O3S. The summed E-state index contributed by atoms with van der Waals surface area (Å²) in [5.41, 5.74) is -5.05. The lowest BCUT2D eigenvalue weighted by Gasteiger charge is -2.14. The highest BCUT2D eigenvalue weighted by atomic mass is 32.2. The zero-order valence-corrected chi connectivity index (χ0v) is 17.8. The molecule has 3 rings (SSSR count). The van der Waals surface area contributed by atoms with Gasteiger partial charge in [-0.15, -0.1) is 5.10 Å². The van der Waals surface area contributed by atoms with E-state index < -0.39 is 55.8 Å². The quantitative estimate of drug-likeness (QED) is 0.523. The van der Waals surface area contributed by atoms with Crippen LogP contribution in [0.4, 0.5) is 30.7 Å². The van der Waals surface area contributed by atoms with E-state index in [1.807, 2.05) is 0 Å². The van der Waals surface area contributed by atoms with Gasteiger partial charge in [0.15, 0.2) is 5.69 Å². The summed E-state index contributed by atoms with van der Waals surface area (Å²) in [7, 11) is -5.25. The van der Waals surface area contributed by atoms with Crippen LogP contribution in [0.1, 0.15) is 32.9 Å². The lowest BCUT2D eigenvalue weighted by Crippen LogP contribution is -2.32. The van der Waals surface area contributed by atoms with Gasteiger partial charge in [0.25, 0.3) is 15.9 Å². The minimum absolute atomic E-state index is 0.0348. The van der Waals surface area contributed by atoms with Gasteiger partial charge in [0.05, 0.1) is 33.3 Å². The number of carbonyl (C=O) groups excluding carboxylic acids is 1. The van der Waals surface area contributed by atoms with Crippen molar-refractivity contribution in [3.05, 3.63) is 70.3 Å². The van der Waals surface area contributed by atoms with Crippen molar-refractivity contribution in [1.82, 2.24) is 19.7 Å². The zero-order chi connectivity index (χ0) is 26.3. The van der Waals surface area contributed by atoms with E-state index in [9.17, 15) is 43.9 Å². The second-order valence-electron chi connectivity index (χ2n) is 6.89. The smallest absolute Gasteiger partial charge is 0.266 e. The molecule has 0 bridgehead atoms. The van der Waals surface area contributed by atoms with Crippen molar-refractivity contribution in [2.75, 3.05) is 0 Å². The summed E-state index contributed by atoms with van der Waals surface area (Å²) in [6.45, 7) is 1.17. The van der Waals surface area contributed by atoms with Gasteiger partial charge in [-0.3, -0.25) is 4.79 Å². The third kappa shape index (κ3) is 5.24. The lowest BCUT2D eigenvalue weighted by molar-refractivity contribution is -0.143. The highest BCUT2D eigenvalue weighted by Crippen LogP contribution is 2.37. The highest BCUT2D eigenvalue weighted by Gasteiger charge is 2.38. The van der Waals surface area contributed by atoms with Gasteiger partial charge in [0.2, 0.25) is 0 Å². The van der Waals surface area contributed by atoms with Crippen LogP contribution in [0.15, 0.2) is 41.3 Å². The van der Waals surface area contributed by atoms with E-state index in [4.69, 9.17) is 5.26 Å². The van der Waals surface area contributed by atoms with Gasteiger partial charge in [-0.2, -0.15) is 31.6 Å². The number of sulfonamides is 1. The maximum absolute atomic E-state index is 14.3. The molecular weight excluding hydrogens is 511 g/mol. The van der Waals surface area contributed by atoms with Crippen molar-refractivity contribution in [3.63, 3.8) is 0 Å². The number of hydrogen-bond acceptors (Lipinski definition) is 6. The molecule has 35 heavy (non-hydrogen) atoms. The van der Waals surface area contributed by atoms with Gasteiger partial charge < -0.3 is 0 Å². The molecule has 0 saturated carbocycles. The van der Waals surface area contributed by atoms with E-state index in [1.165, 1.54) is 17.7 Å². The van der Waals surface area contributed by atoms with Gasteiger partial charge in [-0.1, -0.05) is 5.21 Å². The summed E-state index contributed by atoms with van der Waals surface area (Å²) in [5.74, 6) is -2.49. The molecule has 2 aromatic carbocycles. The van der Waals surface area contributed by atoms with Gasteiger partial charge >= 0.3 is 12.4 Å². The Morgan fingerprint density at radius 3 is 2.09 bits per heavy atom. The van der Waals surface area contributed by atoms with E-state index in [0.717, 1.165) is 16.8 Å². The fraction of sp³-hybridized carbons (Fsp3) is 0.158. The normalized spacial score (nSPS) is 12.3. The Hall–Kier alpha value is -4.00. The second-order valence-corrected chi connectivity index (χ2v) is 8.57. The number of halogens is 7. The van der Waals surface area contributed by atoms with E-state index in [0.29, 0.717) is 0 Å². The van der Waals surface area contributed by atoms with Crippen LogP contribution >= 0.6 is 0 Å². The van der Waals surface area contributed by atoms with E-state index in [2.05, 4.69) is 10.3 Å². The topological polar surface area (TPSA) is 118 Å². The largest absolute Gasteiger partial charge is 0.416 e. The Morgan fingerprint density at radius 2 is 1.60 bits per heavy atom. The molecule has 8 nitrogen and oxygen atoms in total. The molecule has 184 valence electrons. The first-order chi connectivity index (χ1) is 16.0. The van der Waals surface area contributed by atoms with Crippen molar-refractivity contribution in [1.29, 1.82) is 5.26 Å². The summed E-state index contributed by atoms with van der Waals surface area (Å²) in [5, 5.41) is 15.7. The standard InChI is InChI=1S/C19H10F7N5O3S/c1-9-16(28-30-31(9)15-3-2-10(8-27)4-14(15)20)17(32)29-35(33,34)13-6-11(18(21,22)23)5-12(7-13)19(24,25)26/h2-7H,1H3,(H,29,32). The first-order valence-electron chi connectivity index (χ1n) is 9.03. The fourth-order valence-corrected chi connectivity index (χ4v) is 3.85. The number of nitrogens with zero attached hydrogens (tertiary/aromatic N) is 4. The summed E-state index contributed by atoms with van der Waals surface area (Å²) < 4.78 is 119. The van der Waals surface area contributed by atoms with E-state index in [1.54, 1.807) is 6.07 Å². The lowest BCUT2D eigenvalue weighted by atomic mass is 10.1. The Bertz CT molecular complexity index is 1440. The van der Waals surface area contributed by atoms with Crippen LogP contribution in [0.5, 0.6) is 0 Å². The molecule has 1 amide bonds. The van der Waals surface area contributed by atoms with Gasteiger partial charge in [0, 0.05) is 0 Å². The Balaban J connectivity index is 1.99. The van der Waals surface area contributed by atoms with Crippen molar-refractivity contribution in [2.45, 2.75) is 24.2 Å². The van der Waals surface area contributed by atoms with Crippen LogP contribution in [-0.2, 0) is 22.4 Å². The molecule has 0 aliphatic heterocycles. The predicted molar refractivity (Wildman–Crippen MR) is 102 cm³/mol. The van der Waals surface area contributed by atoms with Gasteiger partial charge in [-0.05, 0) is 43.3 Å². The van der Waals surface area contributed by atoms with Crippen LogP contribution in [0.2, 0.25) is 0 Å². The molecule has 0 unspecified atom stereocenters. The molecule has 0 radical (unpaired) electrons. The average molecular weight is 521 g/mol. The third-order valence-electron chi connectivity index (χ3n) is 4.51. The molecule has 0 fully saturated rings. The Labute approximate surface area is 191 Å². The first kappa shape index (κ1) is 25.6. The van der Waals surface area contributed by atoms with E-state index >= 15 is 0 Å². The number of nitriles is 1. The number of carbonyl (C=O) groups is 1. The number of rotatable bonds is 4.